The first kappa shape index (κ1) is 12.0. The Kier molecular flexibility index (Phi) is 3.08. The summed E-state index contributed by atoms with van der Waals surface area (Å²) in [6.07, 6.45) is -5.90. The maximum absolute atomic E-state index is 12.3. The number of aliphatic hydroxyl groups excluding tert-OH is 1. The first-order chi connectivity index (χ1) is 6.73. The van der Waals surface area contributed by atoms with E-state index in [0.29, 0.717) is 0 Å². The minimum absolute atomic E-state index is 0.154. The van der Waals surface area contributed by atoms with Gasteiger partial charge in [0.05, 0.1) is 5.69 Å². The Balaban J connectivity index is 3.13. The van der Waals surface area contributed by atoms with Gasteiger partial charge in [-0.25, -0.2) is 0 Å². The van der Waals surface area contributed by atoms with Crippen LogP contribution in [0.2, 0.25) is 0 Å². The largest absolute Gasteiger partial charge is 0.418 e. The molecule has 0 saturated heterocycles. The Morgan fingerprint density at radius 2 is 1.93 bits per heavy atom. The average molecular weight is 222 g/mol. The molecule has 1 heterocycles. The van der Waals surface area contributed by atoms with Crippen LogP contribution in [0.1, 0.15) is 37.1 Å². The molecular formula is C9H13F3N2O. The normalized spacial score (nSPS) is 14.7. The minimum atomic E-state index is -4.65. The lowest BCUT2D eigenvalue weighted by molar-refractivity contribution is -0.207. The molecule has 0 spiro atoms. The van der Waals surface area contributed by atoms with E-state index in [2.05, 4.69) is 5.10 Å². The molecule has 0 aromatic carbocycles. The molecule has 6 heteroatoms. The van der Waals surface area contributed by atoms with E-state index in [0.717, 1.165) is 0 Å². The maximum atomic E-state index is 12.3. The number of hydrogen-bond donors (Lipinski definition) is 1. The number of aromatic nitrogens is 2. The molecule has 0 aliphatic carbocycles. The molecule has 86 valence electrons. The molecule has 0 aliphatic rings. The molecule has 1 aromatic heterocycles. The Morgan fingerprint density at radius 3 is 2.33 bits per heavy atom. The molecule has 0 amide bonds. The third-order valence-electron chi connectivity index (χ3n) is 2.04. The van der Waals surface area contributed by atoms with Crippen LogP contribution in [-0.2, 0) is 7.05 Å². The lowest BCUT2D eigenvalue weighted by Crippen LogP contribution is -2.21. The highest BCUT2D eigenvalue weighted by Crippen LogP contribution is 2.35. The topological polar surface area (TPSA) is 38.0 Å². The van der Waals surface area contributed by atoms with Crippen LogP contribution in [0.25, 0.3) is 0 Å². The number of hydrogen-bond acceptors (Lipinski definition) is 2. The predicted molar refractivity (Wildman–Crippen MR) is 48.3 cm³/mol. The molecule has 1 atom stereocenters. The van der Waals surface area contributed by atoms with Crippen molar-refractivity contribution < 1.29 is 18.3 Å². The Labute approximate surface area is 85.5 Å². The highest BCUT2D eigenvalue weighted by molar-refractivity contribution is 5.23. The fourth-order valence-electron chi connectivity index (χ4n) is 1.36. The minimum Gasteiger partial charge on any atom is -0.379 e. The van der Waals surface area contributed by atoms with Crippen LogP contribution >= 0.6 is 0 Å². The van der Waals surface area contributed by atoms with E-state index in [4.69, 9.17) is 5.11 Å². The second-order valence-electron chi connectivity index (χ2n) is 3.74. The first-order valence-corrected chi connectivity index (χ1v) is 4.51. The van der Waals surface area contributed by atoms with Crippen LogP contribution in [0, 0.1) is 0 Å². The number of nitrogens with zero attached hydrogens (tertiary/aromatic N) is 2. The van der Waals surface area contributed by atoms with Gasteiger partial charge >= 0.3 is 6.18 Å². The summed E-state index contributed by atoms with van der Waals surface area (Å²) in [5, 5.41) is 13.0. The molecule has 0 aliphatic heterocycles. The van der Waals surface area contributed by atoms with Crippen molar-refractivity contribution >= 4 is 0 Å². The van der Waals surface area contributed by atoms with E-state index in [1.54, 1.807) is 13.8 Å². The zero-order valence-corrected chi connectivity index (χ0v) is 8.71. The van der Waals surface area contributed by atoms with Crippen molar-refractivity contribution in [3.63, 3.8) is 0 Å². The van der Waals surface area contributed by atoms with Crippen LogP contribution in [-0.4, -0.2) is 21.1 Å². The van der Waals surface area contributed by atoms with Crippen LogP contribution < -0.4 is 0 Å². The Bertz CT molecular complexity index is 344. The van der Waals surface area contributed by atoms with Gasteiger partial charge in [0.15, 0.2) is 6.10 Å². The first-order valence-electron chi connectivity index (χ1n) is 4.51. The van der Waals surface area contributed by atoms with E-state index in [9.17, 15) is 13.2 Å². The van der Waals surface area contributed by atoms with Gasteiger partial charge in [-0.15, -0.1) is 0 Å². The van der Waals surface area contributed by atoms with Crippen molar-refractivity contribution in [1.82, 2.24) is 9.78 Å². The number of alkyl halides is 3. The van der Waals surface area contributed by atoms with Crippen molar-refractivity contribution in [3.05, 3.63) is 17.5 Å². The lowest BCUT2D eigenvalue weighted by Gasteiger charge is -2.15. The van der Waals surface area contributed by atoms with Gasteiger partial charge in [0.2, 0.25) is 0 Å². The fraction of sp³-hybridized carbons (Fsp3) is 0.667. The summed E-state index contributed by atoms with van der Waals surface area (Å²) in [7, 11) is 1.53. The molecular weight excluding hydrogens is 209 g/mol. The zero-order valence-electron chi connectivity index (χ0n) is 8.71. The van der Waals surface area contributed by atoms with Crippen LogP contribution in [0.4, 0.5) is 13.2 Å². The summed E-state index contributed by atoms with van der Waals surface area (Å²) in [6.45, 7) is 3.46. The monoisotopic (exact) mass is 222 g/mol. The van der Waals surface area contributed by atoms with Crippen LogP contribution in [0.15, 0.2) is 6.20 Å². The Morgan fingerprint density at radius 1 is 1.40 bits per heavy atom. The standard InChI is InChI=1S/C9H13F3N2O/c1-5(2)7-6(4-14(3)13-7)8(15)9(10,11)12/h4-5,8,15H,1-3H3. The van der Waals surface area contributed by atoms with Crippen molar-refractivity contribution in [2.45, 2.75) is 32.0 Å². The van der Waals surface area contributed by atoms with Gasteiger partial charge in [-0.05, 0) is 5.92 Å². The van der Waals surface area contributed by atoms with Gasteiger partial charge in [0.25, 0.3) is 0 Å². The summed E-state index contributed by atoms with van der Waals surface area (Å²) < 4.78 is 38.2. The third kappa shape index (κ3) is 2.50. The molecule has 15 heavy (non-hydrogen) atoms. The summed E-state index contributed by atoms with van der Waals surface area (Å²) in [4.78, 5) is 0. The van der Waals surface area contributed by atoms with Crippen LogP contribution in [0.5, 0.6) is 0 Å². The van der Waals surface area contributed by atoms with Crippen molar-refractivity contribution in [3.8, 4) is 0 Å². The lowest BCUT2D eigenvalue weighted by atomic mass is 10.0. The van der Waals surface area contributed by atoms with Gasteiger partial charge in [0.1, 0.15) is 0 Å². The summed E-state index contributed by atoms with van der Waals surface area (Å²) >= 11 is 0. The van der Waals surface area contributed by atoms with Gasteiger partial charge in [-0.2, -0.15) is 18.3 Å². The quantitative estimate of drug-likeness (QED) is 0.832. The zero-order chi connectivity index (χ0) is 11.8. The van der Waals surface area contributed by atoms with E-state index in [1.807, 2.05) is 0 Å². The van der Waals surface area contributed by atoms with Gasteiger partial charge in [-0.3, -0.25) is 4.68 Å². The van der Waals surface area contributed by atoms with Crippen LogP contribution in [0.3, 0.4) is 0 Å². The van der Waals surface area contributed by atoms with Crippen molar-refractivity contribution in [2.75, 3.05) is 0 Å². The smallest absolute Gasteiger partial charge is 0.379 e. The fourth-order valence-corrected chi connectivity index (χ4v) is 1.36. The SMILES string of the molecule is CC(C)c1nn(C)cc1C(O)C(F)(F)F. The second-order valence-corrected chi connectivity index (χ2v) is 3.74. The average Bonchev–Trinajstić information content (AvgIpc) is 2.44. The molecule has 3 nitrogen and oxygen atoms in total. The van der Waals surface area contributed by atoms with E-state index < -0.39 is 12.3 Å². The third-order valence-corrected chi connectivity index (χ3v) is 2.04. The Hall–Kier alpha value is -1.04. The molecule has 1 N–H and O–H groups in total. The number of aliphatic hydroxyl groups is 1. The highest BCUT2D eigenvalue weighted by Gasteiger charge is 2.41. The molecule has 0 radical (unpaired) electrons. The van der Waals surface area contributed by atoms with Gasteiger partial charge in [0, 0.05) is 18.8 Å². The summed E-state index contributed by atoms with van der Waals surface area (Å²) in [6, 6.07) is 0. The van der Waals surface area contributed by atoms with Crippen molar-refractivity contribution in [2.24, 2.45) is 7.05 Å². The molecule has 1 rings (SSSR count). The molecule has 0 bridgehead atoms. The second kappa shape index (κ2) is 3.84. The molecule has 1 unspecified atom stereocenters. The maximum Gasteiger partial charge on any atom is 0.418 e. The van der Waals surface area contributed by atoms with Crippen molar-refractivity contribution in [1.29, 1.82) is 0 Å². The molecule has 0 fully saturated rings. The van der Waals surface area contributed by atoms with E-state index in [1.165, 1.54) is 17.9 Å². The predicted octanol–water partition coefficient (Wildman–Crippen LogP) is 2.14. The molecule has 1 aromatic rings. The number of aryl methyl sites for hydroxylation is 1. The van der Waals surface area contributed by atoms with E-state index in [-0.39, 0.29) is 17.2 Å². The van der Waals surface area contributed by atoms with Gasteiger partial charge in [-0.1, -0.05) is 13.8 Å². The summed E-state index contributed by atoms with van der Waals surface area (Å²) in [5.74, 6) is -0.154. The molecule has 0 saturated carbocycles. The number of rotatable bonds is 2. The van der Waals surface area contributed by atoms with Gasteiger partial charge < -0.3 is 5.11 Å². The summed E-state index contributed by atoms with van der Waals surface area (Å²) in [5.41, 5.74) is 0.113. The van der Waals surface area contributed by atoms with E-state index >= 15 is 0 Å². The highest BCUT2D eigenvalue weighted by atomic mass is 19.4. The number of halogens is 3.